The molecular weight excluding hydrogens is 252 g/mol. The van der Waals surface area contributed by atoms with Crippen LogP contribution in [0.15, 0.2) is 42.6 Å². The van der Waals surface area contributed by atoms with Crippen molar-refractivity contribution in [1.29, 1.82) is 0 Å². The van der Waals surface area contributed by atoms with Crippen molar-refractivity contribution in [1.82, 2.24) is 14.8 Å². The van der Waals surface area contributed by atoms with Crippen molar-refractivity contribution in [2.45, 2.75) is 6.92 Å². The largest absolute Gasteiger partial charge is 0.321 e. The first-order valence-electron chi connectivity index (χ1n) is 6.31. The molecule has 0 aliphatic carbocycles. The number of rotatable bonds is 2. The summed E-state index contributed by atoms with van der Waals surface area (Å²) in [5.74, 6) is -0.145. The Morgan fingerprint density at radius 2 is 2.00 bits per heavy atom. The first-order chi connectivity index (χ1) is 9.65. The molecule has 0 unspecified atom stereocenters. The minimum Gasteiger partial charge on any atom is -0.321 e. The normalized spacial score (nSPS) is 10.7. The molecule has 20 heavy (non-hydrogen) atoms. The molecule has 3 rings (SSSR count). The van der Waals surface area contributed by atoms with E-state index in [2.05, 4.69) is 15.4 Å². The lowest BCUT2D eigenvalue weighted by Crippen LogP contribution is -2.11. The molecule has 1 N–H and O–H groups in total. The van der Waals surface area contributed by atoms with Crippen LogP contribution < -0.4 is 5.32 Å². The van der Waals surface area contributed by atoms with Crippen LogP contribution in [0, 0.1) is 6.92 Å². The molecule has 2 heterocycles. The zero-order valence-corrected chi connectivity index (χ0v) is 11.3. The number of hydrogen-bond donors (Lipinski definition) is 1. The zero-order chi connectivity index (χ0) is 14.1. The van der Waals surface area contributed by atoms with E-state index in [1.807, 2.05) is 38.2 Å². The van der Waals surface area contributed by atoms with Crippen molar-refractivity contribution >= 4 is 22.6 Å². The highest BCUT2D eigenvalue weighted by atomic mass is 16.1. The Morgan fingerprint density at radius 3 is 2.75 bits per heavy atom. The quantitative estimate of drug-likeness (QED) is 0.775. The fourth-order valence-electron chi connectivity index (χ4n) is 2.17. The molecule has 1 amide bonds. The molecule has 0 fully saturated rings. The highest BCUT2D eigenvalue weighted by Gasteiger charge is 2.09. The number of fused-ring (bicyclic) bond motifs is 1. The van der Waals surface area contributed by atoms with Gasteiger partial charge in [0.15, 0.2) is 5.65 Å². The lowest BCUT2D eigenvalue weighted by molar-refractivity contribution is 0.102. The predicted octanol–water partition coefficient (Wildman–Crippen LogP) is 2.53. The average molecular weight is 266 g/mol. The molecule has 0 atom stereocenters. The number of carbonyl (C=O) groups excluding carboxylic acids is 1. The molecular formula is C15H14N4O. The Labute approximate surface area is 116 Å². The third kappa shape index (κ3) is 2.14. The van der Waals surface area contributed by atoms with Crippen LogP contribution in [0.3, 0.4) is 0 Å². The van der Waals surface area contributed by atoms with Crippen LogP contribution in [0.5, 0.6) is 0 Å². The van der Waals surface area contributed by atoms with Crippen molar-refractivity contribution in [2.24, 2.45) is 7.05 Å². The van der Waals surface area contributed by atoms with Gasteiger partial charge in [0, 0.05) is 18.0 Å². The van der Waals surface area contributed by atoms with Crippen LogP contribution in [-0.2, 0) is 7.05 Å². The van der Waals surface area contributed by atoms with Crippen molar-refractivity contribution in [3.8, 4) is 0 Å². The number of anilines is 1. The monoisotopic (exact) mass is 266 g/mol. The van der Waals surface area contributed by atoms with Gasteiger partial charge in [0.2, 0.25) is 0 Å². The van der Waals surface area contributed by atoms with Crippen molar-refractivity contribution in [3.05, 3.63) is 53.9 Å². The summed E-state index contributed by atoms with van der Waals surface area (Å²) in [6, 6.07) is 11.0. The summed E-state index contributed by atoms with van der Waals surface area (Å²) >= 11 is 0. The minimum atomic E-state index is -0.145. The van der Waals surface area contributed by atoms with E-state index in [4.69, 9.17) is 0 Å². The summed E-state index contributed by atoms with van der Waals surface area (Å²) in [4.78, 5) is 16.4. The summed E-state index contributed by atoms with van der Waals surface area (Å²) in [5.41, 5.74) is 2.99. The molecule has 0 aliphatic rings. The third-order valence-electron chi connectivity index (χ3n) is 3.16. The van der Waals surface area contributed by atoms with Gasteiger partial charge in [-0.1, -0.05) is 18.2 Å². The number of pyridine rings is 1. The number of carbonyl (C=O) groups is 1. The van der Waals surface area contributed by atoms with Gasteiger partial charge in [0.1, 0.15) is 0 Å². The fraction of sp³-hybridized carbons (Fsp3) is 0.133. The molecule has 0 radical (unpaired) electrons. The maximum atomic E-state index is 12.1. The van der Waals surface area contributed by atoms with Gasteiger partial charge in [-0.3, -0.25) is 9.48 Å². The molecule has 0 spiro atoms. The first-order valence-corrected chi connectivity index (χ1v) is 6.31. The number of nitrogens with zero attached hydrogens (tertiary/aromatic N) is 3. The summed E-state index contributed by atoms with van der Waals surface area (Å²) in [6.07, 6.45) is 1.64. The van der Waals surface area contributed by atoms with Crippen LogP contribution in [0.4, 0.5) is 5.69 Å². The molecule has 5 nitrogen and oxygen atoms in total. The second kappa shape index (κ2) is 4.77. The number of nitrogens with one attached hydrogen (secondary N) is 1. The molecule has 0 saturated heterocycles. The van der Waals surface area contributed by atoms with Crippen molar-refractivity contribution in [2.75, 3.05) is 5.32 Å². The zero-order valence-electron chi connectivity index (χ0n) is 11.3. The first kappa shape index (κ1) is 12.3. The fourth-order valence-corrected chi connectivity index (χ4v) is 2.17. The van der Waals surface area contributed by atoms with Gasteiger partial charge in [-0.15, -0.1) is 0 Å². The Balaban J connectivity index is 1.92. The van der Waals surface area contributed by atoms with E-state index in [0.29, 0.717) is 11.3 Å². The maximum Gasteiger partial charge on any atom is 0.255 e. The maximum absolute atomic E-state index is 12.1. The van der Waals surface area contributed by atoms with E-state index in [0.717, 1.165) is 16.7 Å². The molecule has 0 aliphatic heterocycles. The number of amides is 1. The van der Waals surface area contributed by atoms with Gasteiger partial charge in [-0.05, 0) is 25.1 Å². The smallest absolute Gasteiger partial charge is 0.255 e. The summed E-state index contributed by atoms with van der Waals surface area (Å²) in [5, 5.41) is 8.10. The van der Waals surface area contributed by atoms with Crippen LogP contribution in [0.1, 0.15) is 16.1 Å². The SMILES string of the molecule is Cc1nn(C)c2ncc(NC(=O)c3ccccc3)cc12. The van der Waals surface area contributed by atoms with Gasteiger partial charge in [0.05, 0.1) is 17.6 Å². The summed E-state index contributed by atoms with van der Waals surface area (Å²) < 4.78 is 1.73. The van der Waals surface area contributed by atoms with Gasteiger partial charge >= 0.3 is 0 Å². The number of hydrogen-bond acceptors (Lipinski definition) is 3. The Bertz CT molecular complexity index is 777. The molecule has 100 valence electrons. The van der Waals surface area contributed by atoms with Crippen LogP contribution >= 0.6 is 0 Å². The van der Waals surface area contributed by atoms with Gasteiger partial charge in [-0.25, -0.2) is 4.98 Å². The van der Waals surface area contributed by atoms with E-state index in [9.17, 15) is 4.79 Å². The van der Waals surface area contributed by atoms with E-state index in [1.54, 1.807) is 23.0 Å². The lowest BCUT2D eigenvalue weighted by atomic mass is 10.2. The highest BCUT2D eigenvalue weighted by Crippen LogP contribution is 2.19. The van der Waals surface area contributed by atoms with E-state index >= 15 is 0 Å². The molecule has 1 aromatic carbocycles. The topological polar surface area (TPSA) is 59.8 Å². The third-order valence-corrected chi connectivity index (χ3v) is 3.16. The number of aryl methyl sites for hydroxylation is 2. The minimum absolute atomic E-state index is 0.145. The van der Waals surface area contributed by atoms with Gasteiger partial charge in [-0.2, -0.15) is 5.10 Å². The Morgan fingerprint density at radius 1 is 1.25 bits per heavy atom. The van der Waals surface area contributed by atoms with E-state index in [-0.39, 0.29) is 5.91 Å². The van der Waals surface area contributed by atoms with E-state index in [1.165, 1.54) is 0 Å². The predicted molar refractivity (Wildman–Crippen MR) is 77.6 cm³/mol. The van der Waals surface area contributed by atoms with E-state index < -0.39 is 0 Å². The Hall–Kier alpha value is -2.69. The standard InChI is InChI=1S/C15H14N4O/c1-10-13-8-12(9-16-14(13)19(2)18-10)17-15(20)11-6-4-3-5-7-11/h3-9H,1-2H3,(H,17,20). The number of benzene rings is 1. The molecule has 5 heteroatoms. The average Bonchev–Trinajstić information content (AvgIpc) is 2.75. The van der Waals surface area contributed by atoms with Crippen molar-refractivity contribution < 1.29 is 4.79 Å². The van der Waals surface area contributed by atoms with Gasteiger partial charge < -0.3 is 5.32 Å². The molecule has 3 aromatic rings. The Kier molecular flexibility index (Phi) is 2.95. The van der Waals surface area contributed by atoms with Gasteiger partial charge in [0.25, 0.3) is 5.91 Å². The molecule has 2 aromatic heterocycles. The summed E-state index contributed by atoms with van der Waals surface area (Å²) in [6.45, 7) is 1.92. The second-order valence-electron chi connectivity index (χ2n) is 4.62. The molecule has 0 bridgehead atoms. The lowest BCUT2D eigenvalue weighted by Gasteiger charge is -2.05. The summed E-state index contributed by atoms with van der Waals surface area (Å²) in [7, 11) is 1.85. The van der Waals surface area contributed by atoms with Crippen molar-refractivity contribution in [3.63, 3.8) is 0 Å². The van der Waals surface area contributed by atoms with Crippen LogP contribution in [0.2, 0.25) is 0 Å². The highest BCUT2D eigenvalue weighted by molar-refractivity contribution is 6.04. The molecule has 0 saturated carbocycles. The van der Waals surface area contributed by atoms with Crippen LogP contribution in [-0.4, -0.2) is 20.7 Å². The number of aromatic nitrogens is 3. The second-order valence-corrected chi connectivity index (χ2v) is 4.62. The van der Waals surface area contributed by atoms with Crippen LogP contribution in [0.25, 0.3) is 11.0 Å².